The molecule has 1 aliphatic carbocycles. The van der Waals surface area contributed by atoms with Crippen molar-refractivity contribution >= 4 is 15.9 Å². The third-order valence-corrected chi connectivity index (χ3v) is 3.54. The van der Waals surface area contributed by atoms with Crippen LogP contribution in [0.4, 0.5) is 0 Å². The third kappa shape index (κ3) is 5.53. The van der Waals surface area contributed by atoms with E-state index in [1.54, 1.807) is 0 Å². The largest absolute Gasteiger partial charge is 0.299 e. The van der Waals surface area contributed by atoms with Crippen molar-refractivity contribution in [3.05, 3.63) is 0 Å². The highest BCUT2D eigenvalue weighted by molar-refractivity contribution is 9.09. The van der Waals surface area contributed by atoms with E-state index in [1.807, 2.05) is 0 Å². The Morgan fingerprint density at radius 3 is 2.67 bits per heavy atom. The number of hydrogen-bond acceptors (Lipinski definition) is 2. The zero-order valence-electron chi connectivity index (χ0n) is 9.58. The van der Waals surface area contributed by atoms with E-state index in [9.17, 15) is 0 Å². The summed E-state index contributed by atoms with van der Waals surface area (Å²) in [4.78, 5) is 2.51. The van der Waals surface area contributed by atoms with Gasteiger partial charge in [-0.2, -0.15) is 5.26 Å². The van der Waals surface area contributed by atoms with Crippen LogP contribution in [0.25, 0.3) is 0 Å². The highest BCUT2D eigenvalue weighted by Gasteiger charge is 2.28. The number of halogens is 1. The maximum Gasteiger partial charge on any atom is 0.0635 e. The van der Waals surface area contributed by atoms with Crippen molar-refractivity contribution < 1.29 is 0 Å². The van der Waals surface area contributed by atoms with E-state index in [0.29, 0.717) is 6.42 Å². The molecule has 1 saturated carbocycles. The minimum Gasteiger partial charge on any atom is -0.299 e. The topological polar surface area (TPSA) is 27.0 Å². The van der Waals surface area contributed by atoms with Gasteiger partial charge in [-0.05, 0) is 38.1 Å². The first-order valence-electron chi connectivity index (χ1n) is 5.95. The zero-order chi connectivity index (χ0) is 11.1. The van der Waals surface area contributed by atoms with Gasteiger partial charge >= 0.3 is 0 Å². The smallest absolute Gasteiger partial charge is 0.0635 e. The molecule has 0 bridgehead atoms. The van der Waals surface area contributed by atoms with Gasteiger partial charge < -0.3 is 0 Å². The van der Waals surface area contributed by atoms with Crippen molar-refractivity contribution in [1.82, 2.24) is 4.90 Å². The molecule has 1 atom stereocenters. The molecule has 0 spiro atoms. The average Bonchev–Trinajstić information content (AvgIpc) is 3.02. The van der Waals surface area contributed by atoms with Crippen LogP contribution in [0.15, 0.2) is 0 Å². The van der Waals surface area contributed by atoms with Crippen molar-refractivity contribution in [2.45, 2.75) is 45.1 Å². The van der Waals surface area contributed by atoms with Crippen LogP contribution >= 0.6 is 15.9 Å². The number of hydrogen-bond donors (Lipinski definition) is 0. The molecule has 0 aromatic heterocycles. The van der Waals surface area contributed by atoms with Crippen LogP contribution in [-0.4, -0.2) is 29.4 Å². The summed E-state index contributed by atoms with van der Waals surface area (Å²) in [5.41, 5.74) is 0. The molecule has 0 radical (unpaired) electrons. The van der Waals surface area contributed by atoms with E-state index in [2.05, 4.69) is 33.8 Å². The van der Waals surface area contributed by atoms with Gasteiger partial charge in [-0.15, -0.1) is 0 Å². The highest BCUT2D eigenvalue weighted by Crippen LogP contribution is 2.27. The minimum absolute atomic E-state index is 0.684. The van der Waals surface area contributed by atoms with Gasteiger partial charge in [0.1, 0.15) is 0 Å². The summed E-state index contributed by atoms with van der Waals surface area (Å²) < 4.78 is 0. The minimum atomic E-state index is 0.684. The van der Waals surface area contributed by atoms with Gasteiger partial charge in [0.2, 0.25) is 0 Å². The highest BCUT2D eigenvalue weighted by atomic mass is 79.9. The summed E-state index contributed by atoms with van der Waals surface area (Å²) in [7, 11) is 0. The Balaban J connectivity index is 2.16. The fourth-order valence-electron chi connectivity index (χ4n) is 1.83. The number of alkyl halides is 1. The van der Waals surface area contributed by atoms with E-state index in [1.165, 1.54) is 32.2 Å². The standard InChI is InChI=1S/C12H21BrN2/c1-11(5-7-13)6-10-15(9-2-8-14)12-3-4-12/h11-12H,2-7,9-10H2,1H3. The lowest BCUT2D eigenvalue weighted by atomic mass is 10.1. The van der Waals surface area contributed by atoms with Gasteiger partial charge in [-0.1, -0.05) is 22.9 Å². The lowest BCUT2D eigenvalue weighted by Gasteiger charge is -2.22. The maximum atomic E-state index is 8.60. The molecule has 0 saturated heterocycles. The molecule has 0 N–H and O–H groups in total. The molecule has 1 aliphatic rings. The fourth-order valence-corrected chi connectivity index (χ4v) is 2.61. The van der Waals surface area contributed by atoms with E-state index >= 15 is 0 Å². The van der Waals surface area contributed by atoms with Crippen molar-refractivity contribution in [3.63, 3.8) is 0 Å². The van der Waals surface area contributed by atoms with Crippen molar-refractivity contribution in [3.8, 4) is 6.07 Å². The molecular formula is C12H21BrN2. The molecule has 0 aliphatic heterocycles. The molecular weight excluding hydrogens is 252 g/mol. The molecule has 1 fully saturated rings. The molecule has 0 aromatic rings. The second-order valence-corrected chi connectivity index (χ2v) is 5.34. The number of nitriles is 1. The summed E-state index contributed by atoms with van der Waals surface area (Å²) in [5.74, 6) is 0.799. The van der Waals surface area contributed by atoms with Crippen LogP contribution in [0.3, 0.4) is 0 Å². The summed E-state index contributed by atoms with van der Waals surface area (Å²) in [6.07, 6.45) is 5.91. The average molecular weight is 273 g/mol. The lowest BCUT2D eigenvalue weighted by Crippen LogP contribution is -2.29. The molecule has 86 valence electrons. The van der Waals surface area contributed by atoms with E-state index in [0.717, 1.165) is 23.8 Å². The molecule has 3 heteroatoms. The summed E-state index contributed by atoms with van der Waals surface area (Å²) in [5, 5.41) is 9.70. The Labute approximate surface area is 102 Å². The van der Waals surface area contributed by atoms with Gasteiger partial charge in [0.15, 0.2) is 0 Å². The van der Waals surface area contributed by atoms with Crippen LogP contribution < -0.4 is 0 Å². The first kappa shape index (κ1) is 13.0. The second kappa shape index (κ2) is 7.24. The SMILES string of the molecule is CC(CCBr)CCN(CCC#N)C1CC1. The molecule has 1 rings (SSSR count). The first-order valence-corrected chi connectivity index (χ1v) is 7.07. The summed E-state index contributed by atoms with van der Waals surface area (Å²) >= 11 is 3.48. The van der Waals surface area contributed by atoms with Gasteiger partial charge in [0, 0.05) is 24.3 Å². The monoisotopic (exact) mass is 272 g/mol. The molecule has 0 heterocycles. The predicted molar refractivity (Wildman–Crippen MR) is 67.0 cm³/mol. The second-order valence-electron chi connectivity index (χ2n) is 4.55. The van der Waals surface area contributed by atoms with E-state index in [-0.39, 0.29) is 0 Å². The van der Waals surface area contributed by atoms with Crippen LogP contribution in [-0.2, 0) is 0 Å². The Morgan fingerprint density at radius 1 is 1.40 bits per heavy atom. The molecule has 15 heavy (non-hydrogen) atoms. The first-order chi connectivity index (χ1) is 7.27. The Hall–Kier alpha value is -0.0700. The van der Waals surface area contributed by atoms with E-state index < -0.39 is 0 Å². The van der Waals surface area contributed by atoms with Crippen LogP contribution in [0.5, 0.6) is 0 Å². The predicted octanol–water partition coefficient (Wildman–Crippen LogP) is 3.18. The van der Waals surface area contributed by atoms with Crippen LogP contribution in [0.1, 0.15) is 39.0 Å². The number of nitrogens with zero attached hydrogens (tertiary/aromatic N) is 2. The van der Waals surface area contributed by atoms with Gasteiger partial charge in [0.25, 0.3) is 0 Å². The quantitative estimate of drug-likeness (QED) is 0.635. The zero-order valence-corrected chi connectivity index (χ0v) is 11.2. The molecule has 2 nitrogen and oxygen atoms in total. The maximum absolute atomic E-state index is 8.60. The summed E-state index contributed by atoms with van der Waals surface area (Å²) in [6.45, 7) is 4.47. The molecule has 1 unspecified atom stereocenters. The normalized spacial score (nSPS) is 17.7. The van der Waals surface area contributed by atoms with Gasteiger partial charge in [0.05, 0.1) is 6.07 Å². The summed E-state index contributed by atoms with van der Waals surface area (Å²) in [6, 6.07) is 3.04. The third-order valence-electron chi connectivity index (χ3n) is 3.09. The Kier molecular flexibility index (Phi) is 6.28. The molecule has 0 aromatic carbocycles. The fraction of sp³-hybridized carbons (Fsp3) is 0.917. The van der Waals surface area contributed by atoms with Crippen LogP contribution in [0.2, 0.25) is 0 Å². The van der Waals surface area contributed by atoms with E-state index in [4.69, 9.17) is 5.26 Å². The van der Waals surface area contributed by atoms with Crippen LogP contribution in [0, 0.1) is 17.2 Å². The van der Waals surface area contributed by atoms with Crippen molar-refractivity contribution in [2.24, 2.45) is 5.92 Å². The number of rotatable bonds is 8. The van der Waals surface area contributed by atoms with Crippen molar-refractivity contribution in [2.75, 3.05) is 18.4 Å². The van der Waals surface area contributed by atoms with Gasteiger partial charge in [-0.25, -0.2) is 0 Å². The lowest BCUT2D eigenvalue weighted by molar-refractivity contribution is 0.249. The molecule has 0 amide bonds. The Bertz CT molecular complexity index is 208. The Morgan fingerprint density at radius 2 is 2.13 bits per heavy atom. The van der Waals surface area contributed by atoms with Crippen molar-refractivity contribution in [1.29, 1.82) is 5.26 Å². The van der Waals surface area contributed by atoms with Gasteiger partial charge in [-0.3, -0.25) is 4.90 Å².